The third kappa shape index (κ3) is 5.54. The number of anilines is 1. The molecule has 20 heavy (non-hydrogen) atoms. The Kier molecular flexibility index (Phi) is 6.97. The van der Waals surface area contributed by atoms with Gasteiger partial charge in [0.05, 0.1) is 25.4 Å². The first kappa shape index (κ1) is 16.4. The number of carboxylic acids is 1. The predicted molar refractivity (Wildman–Crippen MR) is 76.5 cm³/mol. The van der Waals surface area contributed by atoms with Gasteiger partial charge in [0, 0.05) is 19.3 Å². The van der Waals surface area contributed by atoms with Crippen LogP contribution in [0.5, 0.6) is 0 Å². The molecule has 0 aliphatic rings. The SMILES string of the molecule is COCCOCCNc1cc(C(=O)O)cc(C(C)C)n1. The van der Waals surface area contributed by atoms with Crippen molar-refractivity contribution >= 4 is 11.8 Å². The van der Waals surface area contributed by atoms with E-state index in [-0.39, 0.29) is 11.5 Å². The Balaban J connectivity index is 2.58. The molecule has 0 aliphatic heterocycles. The summed E-state index contributed by atoms with van der Waals surface area (Å²) in [6.45, 7) is 6.14. The van der Waals surface area contributed by atoms with Gasteiger partial charge in [0.15, 0.2) is 0 Å². The summed E-state index contributed by atoms with van der Waals surface area (Å²) in [7, 11) is 1.62. The summed E-state index contributed by atoms with van der Waals surface area (Å²) in [5, 5.41) is 12.2. The van der Waals surface area contributed by atoms with Gasteiger partial charge in [-0.05, 0) is 18.1 Å². The van der Waals surface area contributed by atoms with Gasteiger partial charge in [-0.2, -0.15) is 0 Å². The predicted octanol–water partition coefficient (Wildman–Crippen LogP) is 1.98. The summed E-state index contributed by atoms with van der Waals surface area (Å²) in [6, 6.07) is 3.14. The number of rotatable bonds is 9. The van der Waals surface area contributed by atoms with Crippen molar-refractivity contribution in [2.45, 2.75) is 19.8 Å². The fourth-order valence-electron chi connectivity index (χ4n) is 1.56. The Hall–Kier alpha value is -1.66. The molecule has 0 spiro atoms. The van der Waals surface area contributed by atoms with Crippen molar-refractivity contribution in [3.63, 3.8) is 0 Å². The quantitative estimate of drug-likeness (QED) is 0.674. The maximum absolute atomic E-state index is 11.1. The third-order valence-electron chi connectivity index (χ3n) is 2.67. The van der Waals surface area contributed by atoms with E-state index in [1.807, 2.05) is 13.8 Å². The van der Waals surface area contributed by atoms with Crippen LogP contribution in [0, 0.1) is 0 Å². The van der Waals surface area contributed by atoms with E-state index in [9.17, 15) is 4.79 Å². The van der Waals surface area contributed by atoms with E-state index in [4.69, 9.17) is 14.6 Å². The van der Waals surface area contributed by atoms with Crippen LogP contribution in [0.4, 0.5) is 5.82 Å². The van der Waals surface area contributed by atoms with Crippen LogP contribution in [-0.2, 0) is 9.47 Å². The van der Waals surface area contributed by atoms with Crippen molar-refractivity contribution < 1.29 is 19.4 Å². The van der Waals surface area contributed by atoms with Crippen LogP contribution >= 0.6 is 0 Å². The zero-order chi connectivity index (χ0) is 15.0. The lowest BCUT2D eigenvalue weighted by Gasteiger charge is -2.11. The maximum atomic E-state index is 11.1. The molecule has 0 bridgehead atoms. The first-order valence-electron chi connectivity index (χ1n) is 6.60. The number of ether oxygens (including phenoxy) is 2. The van der Waals surface area contributed by atoms with Gasteiger partial charge in [-0.15, -0.1) is 0 Å². The van der Waals surface area contributed by atoms with Crippen LogP contribution in [0.2, 0.25) is 0 Å². The van der Waals surface area contributed by atoms with Crippen molar-refractivity contribution in [3.05, 3.63) is 23.4 Å². The molecule has 1 aromatic heterocycles. The molecule has 0 atom stereocenters. The largest absolute Gasteiger partial charge is 0.478 e. The Morgan fingerprint density at radius 2 is 2.10 bits per heavy atom. The average Bonchev–Trinajstić information content (AvgIpc) is 2.42. The van der Waals surface area contributed by atoms with E-state index >= 15 is 0 Å². The molecule has 6 heteroatoms. The second kappa shape index (κ2) is 8.50. The first-order valence-corrected chi connectivity index (χ1v) is 6.60. The minimum atomic E-state index is -0.950. The number of carbonyl (C=O) groups is 1. The molecule has 1 aromatic rings. The summed E-state index contributed by atoms with van der Waals surface area (Å²) in [6.07, 6.45) is 0. The maximum Gasteiger partial charge on any atom is 0.335 e. The highest BCUT2D eigenvalue weighted by atomic mass is 16.5. The Morgan fingerprint density at radius 3 is 2.70 bits per heavy atom. The molecule has 112 valence electrons. The molecule has 0 saturated carbocycles. The van der Waals surface area contributed by atoms with E-state index in [1.54, 1.807) is 13.2 Å². The molecule has 0 amide bonds. The lowest BCUT2D eigenvalue weighted by molar-refractivity contribution is 0.0696. The van der Waals surface area contributed by atoms with Crippen molar-refractivity contribution in [2.24, 2.45) is 0 Å². The molecule has 0 saturated heterocycles. The lowest BCUT2D eigenvalue weighted by atomic mass is 10.1. The number of nitrogens with zero attached hydrogens (tertiary/aromatic N) is 1. The third-order valence-corrected chi connectivity index (χ3v) is 2.67. The van der Waals surface area contributed by atoms with Crippen molar-refractivity contribution in [1.29, 1.82) is 0 Å². The summed E-state index contributed by atoms with van der Waals surface area (Å²) < 4.78 is 10.2. The monoisotopic (exact) mass is 282 g/mol. The normalized spacial score (nSPS) is 10.8. The van der Waals surface area contributed by atoms with Gasteiger partial charge in [-0.25, -0.2) is 9.78 Å². The smallest absolute Gasteiger partial charge is 0.335 e. The molecule has 0 radical (unpaired) electrons. The summed E-state index contributed by atoms with van der Waals surface area (Å²) >= 11 is 0. The van der Waals surface area contributed by atoms with Gasteiger partial charge < -0.3 is 19.9 Å². The summed E-state index contributed by atoms with van der Waals surface area (Å²) in [4.78, 5) is 15.5. The van der Waals surface area contributed by atoms with E-state index in [2.05, 4.69) is 10.3 Å². The van der Waals surface area contributed by atoms with Gasteiger partial charge in [0.2, 0.25) is 0 Å². The number of aromatic nitrogens is 1. The molecule has 1 heterocycles. The van der Waals surface area contributed by atoms with Gasteiger partial charge in [-0.3, -0.25) is 0 Å². The van der Waals surface area contributed by atoms with Crippen LogP contribution in [-0.4, -0.2) is 49.5 Å². The standard InChI is InChI=1S/C14H22N2O4/c1-10(2)12-8-11(14(17)18)9-13(16-12)15-4-5-20-7-6-19-3/h8-10H,4-7H2,1-3H3,(H,15,16)(H,17,18). The number of hydrogen-bond donors (Lipinski definition) is 2. The minimum Gasteiger partial charge on any atom is -0.478 e. The van der Waals surface area contributed by atoms with E-state index in [1.165, 1.54) is 6.07 Å². The van der Waals surface area contributed by atoms with E-state index < -0.39 is 5.97 Å². The van der Waals surface area contributed by atoms with Gasteiger partial charge >= 0.3 is 5.97 Å². The number of carboxylic acid groups (broad SMARTS) is 1. The van der Waals surface area contributed by atoms with Crippen LogP contribution in [0.15, 0.2) is 12.1 Å². The van der Waals surface area contributed by atoms with E-state index in [0.717, 1.165) is 5.69 Å². The van der Waals surface area contributed by atoms with Crippen LogP contribution in [0.3, 0.4) is 0 Å². The fraction of sp³-hybridized carbons (Fsp3) is 0.571. The zero-order valence-corrected chi connectivity index (χ0v) is 12.2. The number of aromatic carboxylic acids is 1. The van der Waals surface area contributed by atoms with Crippen LogP contribution < -0.4 is 5.32 Å². The number of methoxy groups -OCH3 is 1. The molecule has 2 N–H and O–H groups in total. The van der Waals surface area contributed by atoms with Gasteiger partial charge in [0.25, 0.3) is 0 Å². The molecular formula is C14H22N2O4. The van der Waals surface area contributed by atoms with E-state index in [0.29, 0.717) is 32.2 Å². The lowest BCUT2D eigenvalue weighted by Crippen LogP contribution is -2.14. The highest BCUT2D eigenvalue weighted by Crippen LogP contribution is 2.17. The van der Waals surface area contributed by atoms with Crippen LogP contribution in [0.1, 0.15) is 35.8 Å². The highest BCUT2D eigenvalue weighted by molar-refractivity contribution is 5.88. The second-order valence-corrected chi connectivity index (χ2v) is 4.66. The molecule has 0 unspecified atom stereocenters. The van der Waals surface area contributed by atoms with Gasteiger partial charge in [0.1, 0.15) is 5.82 Å². The number of pyridine rings is 1. The Labute approximate surface area is 119 Å². The zero-order valence-electron chi connectivity index (χ0n) is 12.2. The summed E-state index contributed by atoms with van der Waals surface area (Å²) in [5.41, 5.74) is 0.999. The first-order chi connectivity index (χ1) is 9.54. The number of hydrogen-bond acceptors (Lipinski definition) is 5. The minimum absolute atomic E-state index is 0.174. The average molecular weight is 282 g/mol. The highest BCUT2D eigenvalue weighted by Gasteiger charge is 2.10. The topological polar surface area (TPSA) is 80.7 Å². The Morgan fingerprint density at radius 1 is 1.35 bits per heavy atom. The fourth-order valence-corrected chi connectivity index (χ4v) is 1.56. The molecule has 6 nitrogen and oxygen atoms in total. The van der Waals surface area contributed by atoms with Gasteiger partial charge in [-0.1, -0.05) is 13.8 Å². The second-order valence-electron chi connectivity index (χ2n) is 4.66. The van der Waals surface area contributed by atoms with Crippen molar-refractivity contribution in [1.82, 2.24) is 4.98 Å². The molecule has 0 aliphatic carbocycles. The van der Waals surface area contributed by atoms with Crippen molar-refractivity contribution in [2.75, 3.05) is 38.8 Å². The molecule has 1 rings (SSSR count). The van der Waals surface area contributed by atoms with Crippen LogP contribution in [0.25, 0.3) is 0 Å². The molecule has 0 aromatic carbocycles. The van der Waals surface area contributed by atoms with Crippen molar-refractivity contribution in [3.8, 4) is 0 Å². The Bertz CT molecular complexity index is 435. The molecular weight excluding hydrogens is 260 g/mol. The summed E-state index contributed by atoms with van der Waals surface area (Å²) in [5.74, 6) is -0.217. The number of nitrogens with one attached hydrogen (secondary N) is 1. The molecule has 0 fully saturated rings.